The number of hydrogen-bond acceptors (Lipinski definition) is 6. The molecule has 2 rings (SSSR count). The number of carbonyl (C=O) groups excluding carboxylic acids is 3. The highest BCUT2D eigenvalue weighted by Crippen LogP contribution is 2.23. The zero-order valence-corrected chi connectivity index (χ0v) is 16.1. The van der Waals surface area contributed by atoms with E-state index in [-0.39, 0.29) is 11.5 Å². The Labute approximate surface area is 162 Å². The summed E-state index contributed by atoms with van der Waals surface area (Å²) < 4.78 is 15.5. The van der Waals surface area contributed by atoms with E-state index in [4.69, 9.17) is 14.2 Å². The fourth-order valence-corrected chi connectivity index (χ4v) is 2.29. The van der Waals surface area contributed by atoms with Gasteiger partial charge in [-0.3, -0.25) is 9.59 Å². The molecule has 0 radical (unpaired) electrons. The summed E-state index contributed by atoms with van der Waals surface area (Å²) in [5, 5.41) is 5.28. The van der Waals surface area contributed by atoms with Crippen molar-refractivity contribution in [1.82, 2.24) is 0 Å². The van der Waals surface area contributed by atoms with E-state index in [0.717, 1.165) is 0 Å². The van der Waals surface area contributed by atoms with E-state index < -0.39 is 18.0 Å². The lowest BCUT2D eigenvalue weighted by molar-refractivity contribution is -0.123. The van der Waals surface area contributed by atoms with Crippen molar-refractivity contribution in [2.45, 2.75) is 20.0 Å². The number of anilines is 2. The molecule has 8 heteroatoms. The molecule has 0 aliphatic rings. The van der Waals surface area contributed by atoms with E-state index >= 15 is 0 Å². The minimum absolute atomic E-state index is 0.188. The van der Waals surface area contributed by atoms with Gasteiger partial charge < -0.3 is 24.8 Å². The largest absolute Gasteiger partial charge is 0.497 e. The summed E-state index contributed by atoms with van der Waals surface area (Å²) in [6, 6.07) is 11.2. The summed E-state index contributed by atoms with van der Waals surface area (Å²) in [6.45, 7) is 2.87. The van der Waals surface area contributed by atoms with Crippen molar-refractivity contribution >= 4 is 29.2 Å². The number of nitrogens with one attached hydrogen (secondary N) is 2. The van der Waals surface area contributed by atoms with E-state index in [1.807, 2.05) is 0 Å². The van der Waals surface area contributed by atoms with Crippen molar-refractivity contribution < 1.29 is 28.6 Å². The molecular formula is C20H22N2O6. The zero-order valence-electron chi connectivity index (χ0n) is 16.1. The fraction of sp³-hybridized carbons (Fsp3) is 0.250. The molecular weight excluding hydrogens is 364 g/mol. The molecule has 1 atom stereocenters. The van der Waals surface area contributed by atoms with Crippen LogP contribution in [-0.2, 0) is 14.3 Å². The molecule has 0 aliphatic heterocycles. The van der Waals surface area contributed by atoms with E-state index in [9.17, 15) is 14.4 Å². The van der Waals surface area contributed by atoms with Gasteiger partial charge in [-0.05, 0) is 43.3 Å². The van der Waals surface area contributed by atoms with E-state index in [1.54, 1.807) is 30.3 Å². The standard InChI is InChI=1S/C20H22N2O6/c1-12(19(24)22-16-7-5-15(6-8-16)21-13(2)23)28-20(25)14-9-17(26-3)11-18(10-14)27-4/h5-12H,1-4H3,(H,21,23)(H,22,24)/t12-/m0/s1. The van der Waals surface area contributed by atoms with Crippen LogP contribution in [0.2, 0.25) is 0 Å². The summed E-state index contributed by atoms with van der Waals surface area (Å²) >= 11 is 0. The lowest BCUT2D eigenvalue weighted by atomic mass is 10.2. The van der Waals surface area contributed by atoms with E-state index in [1.165, 1.54) is 40.2 Å². The quantitative estimate of drug-likeness (QED) is 0.710. The maximum Gasteiger partial charge on any atom is 0.339 e. The molecule has 0 aromatic heterocycles. The molecule has 0 unspecified atom stereocenters. The van der Waals surface area contributed by atoms with Crippen LogP contribution in [0.15, 0.2) is 42.5 Å². The molecule has 0 saturated carbocycles. The van der Waals surface area contributed by atoms with Crippen molar-refractivity contribution in [3.63, 3.8) is 0 Å². The van der Waals surface area contributed by atoms with Crippen LogP contribution in [0.4, 0.5) is 11.4 Å². The lowest BCUT2D eigenvalue weighted by Crippen LogP contribution is -2.30. The maximum absolute atomic E-state index is 12.3. The molecule has 2 amide bonds. The molecule has 0 fully saturated rings. The van der Waals surface area contributed by atoms with Gasteiger partial charge in [0.15, 0.2) is 6.10 Å². The first-order chi connectivity index (χ1) is 13.3. The third-order valence-corrected chi connectivity index (χ3v) is 3.71. The Balaban J connectivity index is 2.00. The highest BCUT2D eigenvalue weighted by Gasteiger charge is 2.20. The summed E-state index contributed by atoms with van der Waals surface area (Å²) in [7, 11) is 2.94. The van der Waals surface area contributed by atoms with Gasteiger partial charge in [-0.25, -0.2) is 4.79 Å². The minimum Gasteiger partial charge on any atom is -0.497 e. The van der Waals surface area contributed by atoms with Gasteiger partial charge in [0, 0.05) is 24.4 Å². The first-order valence-corrected chi connectivity index (χ1v) is 8.45. The van der Waals surface area contributed by atoms with Crippen LogP contribution in [0.3, 0.4) is 0 Å². The Morgan fingerprint density at radius 1 is 0.857 bits per heavy atom. The van der Waals surface area contributed by atoms with Crippen molar-refractivity contribution in [3.05, 3.63) is 48.0 Å². The Bertz CT molecular complexity index is 841. The monoisotopic (exact) mass is 386 g/mol. The average Bonchev–Trinajstić information content (AvgIpc) is 2.68. The Kier molecular flexibility index (Phi) is 6.97. The van der Waals surface area contributed by atoms with Crippen LogP contribution in [0, 0.1) is 0 Å². The smallest absolute Gasteiger partial charge is 0.339 e. The molecule has 0 spiro atoms. The predicted molar refractivity (Wildman–Crippen MR) is 104 cm³/mol. The van der Waals surface area contributed by atoms with Crippen LogP contribution >= 0.6 is 0 Å². The topological polar surface area (TPSA) is 103 Å². The van der Waals surface area contributed by atoms with Crippen LogP contribution in [0.1, 0.15) is 24.2 Å². The summed E-state index contributed by atoms with van der Waals surface area (Å²) in [5.74, 6) is -0.492. The Hall–Kier alpha value is -3.55. The number of esters is 1. The molecule has 0 aliphatic carbocycles. The SMILES string of the molecule is COc1cc(OC)cc(C(=O)O[C@@H](C)C(=O)Nc2ccc(NC(C)=O)cc2)c1. The number of rotatable bonds is 7. The second-order valence-electron chi connectivity index (χ2n) is 5.90. The van der Waals surface area contributed by atoms with Gasteiger partial charge in [-0.1, -0.05) is 0 Å². The molecule has 2 N–H and O–H groups in total. The van der Waals surface area contributed by atoms with E-state index in [2.05, 4.69) is 10.6 Å². The molecule has 0 bridgehead atoms. The number of ether oxygens (including phenoxy) is 3. The first kappa shape index (κ1) is 20.8. The maximum atomic E-state index is 12.3. The summed E-state index contributed by atoms with van der Waals surface area (Å²) in [4.78, 5) is 35.6. The van der Waals surface area contributed by atoms with Gasteiger partial charge in [0.25, 0.3) is 5.91 Å². The number of carbonyl (C=O) groups is 3. The molecule has 148 valence electrons. The zero-order chi connectivity index (χ0) is 20.7. The van der Waals surface area contributed by atoms with Gasteiger partial charge >= 0.3 is 5.97 Å². The highest BCUT2D eigenvalue weighted by atomic mass is 16.5. The lowest BCUT2D eigenvalue weighted by Gasteiger charge is -2.14. The number of hydrogen-bond donors (Lipinski definition) is 2. The molecule has 28 heavy (non-hydrogen) atoms. The Morgan fingerprint density at radius 3 is 1.82 bits per heavy atom. The van der Waals surface area contributed by atoms with Crippen molar-refractivity contribution in [1.29, 1.82) is 0 Å². The summed E-state index contributed by atoms with van der Waals surface area (Å²) in [6.07, 6.45) is -1.03. The minimum atomic E-state index is -1.03. The summed E-state index contributed by atoms with van der Waals surface area (Å²) in [5.41, 5.74) is 1.32. The first-order valence-electron chi connectivity index (χ1n) is 8.45. The van der Waals surface area contributed by atoms with Crippen LogP contribution in [0.5, 0.6) is 11.5 Å². The fourth-order valence-electron chi connectivity index (χ4n) is 2.29. The van der Waals surface area contributed by atoms with Crippen LogP contribution in [0.25, 0.3) is 0 Å². The number of methoxy groups -OCH3 is 2. The second kappa shape index (κ2) is 9.40. The molecule has 0 heterocycles. The third-order valence-electron chi connectivity index (χ3n) is 3.71. The van der Waals surface area contributed by atoms with Gasteiger partial charge in [0.05, 0.1) is 19.8 Å². The van der Waals surface area contributed by atoms with Crippen molar-refractivity contribution in [2.24, 2.45) is 0 Å². The highest BCUT2D eigenvalue weighted by molar-refractivity contribution is 5.98. The number of benzene rings is 2. The Morgan fingerprint density at radius 2 is 1.36 bits per heavy atom. The van der Waals surface area contributed by atoms with Crippen LogP contribution < -0.4 is 20.1 Å². The normalized spacial score (nSPS) is 11.1. The van der Waals surface area contributed by atoms with Crippen LogP contribution in [-0.4, -0.2) is 38.1 Å². The van der Waals surface area contributed by atoms with Crippen molar-refractivity contribution in [2.75, 3.05) is 24.9 Å². The van der Waals surface area contributed by atoms with Crippen molar-refractivity contribution in [3.8, 4) is 11.5 Å². The third kappa shape index (κ3) is 5.73. The molecule has 2 aromatic rings. The average molecular weight is 386 g/mol. The van der Waals surface area contributed by atoms with Gasteiger partial charge in [0.1, 0.15) is 11.5 Å². The molecule has 8 nitrogen and oxygen atoms in total. The van der Waals surface area contributed by atoms with Gasteiger partial charge in [-0.2, -0.15) is 0 Å². The van der Waals surface area contributed by atoms with Gasteiger partial charge in [0.2, 0.25) is 5.91 Å². The van der Waals surface area contributed by atoms with E-state index in [0.29, 0.717) is 22.9 Å². The molecule has 2 aromatic carbocycles. The molecule has 0 saturated heterocycles. The second-order valence-corrected chi connectivity index (χ2v) is 5.90. The number of amides is 2. The predicted octanol–water partition coefficient (Wildman–Crippen LogP) is 2.85. The van der Waals surface area contributed by atoms with Gasteiger partial charge in [-0.15, -0.1) is 0 Å².